The van der Waals surface area contributed by atoms with Crippen molar-refractivity contribution in [1.82, 2.24) is 20.6 Å². The van der Waals surface area contributed by atoms with Crippen LogP contribution in [0.25, 0.3) is 11.4 Å². The molecule has 0 spiro atoms. The van der Waals surface area contributed by atoms with Gasteiger partial charge in [0.05, 0.1) is 5.02 Å². The highest BCUT2D eigenvalue weighted by Crippen LogP contribution is 2.49. The fourth-order valence-electron chi connectivity index (χ4n) is 5.34. The number of halogens is 2. The van der Waals surface area contributed by atoms with E-state index in [2.05, 4.69) is 33.6 Å². The van der Waals surface area contributed by atoms with Crippen molar-refractivity contribution in [3.63, 3.8) is 0 Å². The van der Waals surface area contributed by atoms with Crippen LogP contribution in [0.2, 0.25) is 10.0 Å². The van der Waals surface area contributed by atoms with Gasteiger partial charge in [0.2, 0.25) is 5.82 Å². The van der Waals surface area contributed by atoms with Gasteiger partial charge in [-0.15, -0.1) is 10.2 Å². The molecule has 1 fully saturated rings. The summed E-state index contributed by atoms with van der Waals surface area (Å²) in [7, 11) is 0. The zero-order chi connectivity index (χ0) is 21.4. The highest BCUT2D eigenvalue weighted by atomic mass is 35.5. The minimum atomic E-state index is 0.272. The van der Waals surface area contributed by atoms with Crippen molar-refractivity contribution < 1.29 is 4.74 Å². The number of hydrogen-bond donors (Lipinski definition) is 1. The highest BCUT2D eigenvalue weighted by molar-refractivity contribution is 6.43. The minimum absolute atomic E-state index is 0.272. The number of nitrogens with one attached hydrogen (secondary N) is 1. The van der Waals surface area contributed by atoms with E-state index < -0.39 is 0 Å². The van der Waals surface area contributed by atoms with Crippen LogP contribution in [0.15, 0.2) is 30.3 Å². The van der Waals surface area contributed by atoms with Crippen LogP contribution >= 0.6 is 23.2 Å². The third-order valence-corrected chi connectivity index (χ3v) is 7.68. The molecule has 5 nitrogen and oxygen atoms in total. The number of nitrogens with zero attached hydrogens (tertiary/aromatic N) is 3. The number of benzene rings is 2. The van der Waals surface area contributed by atoms with E-state index in [9.17, 15) is 0 Å². The van der Waals surface area contributed by atoms with Crippen LogP contribution in [0.3, 0.4) is 0 Å². The maximum atomic E-state index is 6.71. The number of aromatic nitrogens is 4. The van der Waals surface area contributed by atoms with E-state index in [1.807, 2.05) is 24.3 Å². The first-order chi connectivity index (χ1) is 15.0. The number of rotatable bonds is 6. The summed E-state index contributed by atoms with van der Waals surface area (Å²) in [6.07, 6.45) is 8.85. The maximum absolute atomic E-state index is 6.71. The Labute approximate surface area is 192 Å². The first-order valence-corrected chi connectivity index (χ1v) is 11.7. The van der Waals surface area contributed by atoms with Crippen LogP contribution in [0.5, 0.6) is 5.75 Å². The SMILES string of the molecule is CC1(CC2CCCC2)Cc2cc(OCc3ccc(-c4nn[nH]n4)cc3)c(Cl)c(Cl)c2C1. The molecule has 1 heterocycles. The highest BCUT2D eigenvalue weighted by Gasteiger charge is 2.38. The molecule has 3 aromatic rings. The van der Waals surface area contributed by atoms with Gasteiger partial charge < -0.3 is 4.74 Å². The lowest BCUT2D eigenvalue weighted by atomic mass is 9.78. The summed E-state index contributed by atoms with van der Waals surface area (Å²) >= 11 is 13.3. The Morgan fingerprint density at radius 2 is 1.87 bits per heavy atom. The third kappa shape index (κ3) is 4.31. The van der Waals surface area contributed by atoms with E-state index in [1.165, 1.54) is 43.2 Å². The van der Waals surface area contributed by atoms with Gasteiger partial charge in [-0.1, -0.05) is 80.1 Å². The second-order valence-electron chi connectivity index (χ2n) is 9.38. The summed E-state index contributed by atoms with van der Waals surface area (Å²) in [6, 6.07) is 10.0. The van der Waals surface area contributed by atoms with Gasteiger partial charge in [-0.25, -0.2) is 0 Å². The molecular formula is C24H26Cl2N4O. The molecule has 162 valence electrons. The van der Waals surface area contributed by atoms with Crippen LogP contribution in [-0.2, 0) is 19.4 Å². The summed E-state index contributed by atoms with van der Waals surface area (Å²) < 4.78 is 6.09. The van der Waals surface area contributed by atoms with Crippen LogP contribution in [0.4, 0.5) is 0 Å². The Morgan fingerprint density at radius 1 is 1.10 bits per heavy atom. The predicted octanol–water partition coefficient (Wildman–Crippen LogP) is 6.44. The van der Waals surface area contributed by atoms with Gasteiger partial charge >= 0.3 is 0 Å². The van der Waals surface area contributed by atoms with E-state index >= 15 is 0 Å². The summed E-state index contributed by atoms with van der Waals surface area (Å²) in [5, 5.41) is 15.2. The zero-order valence-electron chi connectivity index (χ0n) is 17.6. The number of H-pyrrole nitrogens is 1. The smallest absolute Gasteiger partial charge is 0.204 e. The van der Waals surface area contributed by atoms with E-state index in [0.717, 1.165) is 29.9 Å². The van der Waals surface area contributed by atoms with Crippen molar-refractivity contribution in [3.05, 3.63) is 57.1 Å². The van der Waals surface area contributed by atoms with Gasteiger partial charge in [0.15, 0.2) is 0 Å². The summed E-state index contributed by atoms with van der Waals surface area (Å²) in [6.45, 7) is 2.82. The zero-order valence-corrected chi connectivity index (χ0v) is 19.1. The van der Waals surface area contributed by atoms with Gasteiger partial charge in [0, 0.05) is 5.56 Å². The molecule has 1 unspecified atom stereocenters. The topological polar surface area (TPSA) is 63.7 Å². The Kier molecular flexibility index (Phi) is 5.65. The van der Waals surface area contributed by atoms with Crippen LogP contribution in [0.1, 0.15) is 55.7 Å². The van der Waals surface area contributed by atoms with Gasteiger partial charge in [-0.2, -0.15) is 5.21 Å². The average Bonchev–Trinajstić information content (AvgIpc) is 3.52. The number of ether oxygens (including phenoxy) is 1. The number of aromatic amines is 1. The van der Waals surface area contributed by atoms with Crippen molar-refractivity contribution in [2.45, 2.75) is 58.5 Å². The quantitative estimate of drug-likeness (QED) is 0.463. The maximum Gasteiger partial charge on any atom is 0.204 e. The molecule has 0 radical (unpaired) electrons. The van der Waals surface area contributed by atoms with E-state index in [1.54, 1.807) is 0 Å². The van der Waals surface area contributed by atoms with E-state index in [-0.39, 0.29) is 5.41 Å². The second-order valence-corrected chi connectivity index (χ2v) is 10.1. The van der Waals surface area contributed by atoms with Gasteiger partial charge in [0.25, 0.3) is 0 Å². The van der Waals surface area contributed by atoms with Gasteiger partial charge in [-0.05, 0) is 58.6 Å². The van der Waals surface area contributed by atoms with Crippen molar-refractivity contribution >= 4 is 23.2 Å². The summed E-state index contributed by atoms with van der Waals surface area (Å²) in [5.74, 6) is 2.10. The Morgan fingerprint density at radius 3 is 2.58 bits per heavy atom. The van der Waals surface area contributed by atoms with E-state index in [0.29, 0.717) is 28.2 Å². The average molecular weight is 457 g/mol. The molecule has 0 saturated heterocycles. The monoisotopic (exact) mass is 456 g/mol. The molecule has 1 aromatic heterocycles. The molecule has 2 aliphatic carbocycles. The normalized spacial score (nSPS) is 20.9. The Balaban J connectivity index is 1.29. The second kappa shape index (κ2) is 8.44. The lowest BCUT2D eigenvalue weighted by Crippen LogP contribution is -2.20. The summed E-state index contributed by atoms with van der Waals surface area (Å²) in [4.78, 5) is 0. The predicted molar refractivity (Wildman–Crippen MR) is 122 cm³/mol. The molecule has 2 aromatic carbocycles. The molecule has 0 aliphatic heterocycles. The van der Waals surface area contributed by atoms with E-state index in [4.69, 9.17) is 27.9 Å². The molecular weight excluding hydrogens is 431 g/mol. The molecule has 0 bridgehead atoms. The Bertz CT molecular complexity index is 1060. The fourth-order valence-corrected chi connectivity index (χ4v) is 5.85. The first-order valence-electron chi connectivity index (χ1n) is 11.0. The molecule has 1 N–H and O–H groups in total. The lowest BCUT2D eigenvalue weighted by Gasteiger charge is -2.27. The molecule has 31 heavy (non-hydrogen) atoms. The third-order valence-electron chi connectivity index (χ3n) is 6.80. The standard InChI is InChI=1S/C24H26Cl2N4O/c1-24(11-15-4-2-3-5-15)12-18-10-20(22(26)21(25)19(18)13-24)31-14-16-6-8-17(9-7-16)23-27-29-30-28-23/h6-10,15H,2-5,11-14H2,1H3,(H,27,28,29,30). The van der Waals surface area contributed by atoms with Crippen molar-refractivity contribution in [3.8, 4) is 17.1 Å². The van der Waals surface area contributed by atoms with Gasteiger partial charge in [0.1, 0.15) is 17.4 Å². The molecule has 7 heteroatoms. The number of fused-ring (bicyclic) bond motifs is 1. The van der Waals surface area contributed by atoms with Crippen LogP contribution < -0.4 is 4.74 Å². The van der Waals surface area contributed by atoms with Crippen molar-refractivity contribution in [1.29, 1.82) is 0 Å². The molecule has 5 rings (SSSR count). The minimum Gasteiger partial charge on any atom is -0.487 e. The van der Waals surface area contributed by atoms with Crippen molar-refractivity contribution in [2.75, 3.05) is 0 Å². The number of tetrazole rings is 1. The Hall–Kier alpha value is -2.11. The molecule has 1 saturated carbocycles. The molecule has 2 aliphatic rings. The van der Waals surface area contributed by atoms with Crippen LogP contribution in [-0.4, -0.2) is 20.6 Å². The lowest BCUT2D eigenvalue weighted by molar-refractivity contribution is 0.254. The fraction of sp³-hybridized carbons (Fsp3) is 0.458. The van der Waals surface area contributed by atoms with Gasteiger partial charge in [-0.3, -0.25) is 0 Å². The molecule has 1 atom stereocenters. The first kappa shape index (κ1) is 20.8. The largest absolute Gasteiger partial charge is 0.487 e. The molecule has 0 amide bonds. The van der Waals surface area contributed by atoms with Crippen molar-refractivity contribution in [2.24, 2.45) is 11.3 Å². The summed E-state index contributed by atoms with van der Waals surface area (Å²) in [5.41, 5.74) is 4.71. The van der Waals surface area contributed by atoms with Crippen LogP contribution in [0, 0.1) is 11.3 Å². The number of hydrogen-bond acceptors (Lipinski definition) is 4.